The first kappa shape index (κ1) is 23.7. The van der Waals surface area contributed by atoms with E-state index in [1.807, 2.05) is 85.4 Å². The zero-order valence-corrected chi connectivity index (χ0v) is 20.8. The number of aryl methyl sites for hydroxylation is 1. The molecule has 3 aromatic carbocycles. The van der Waals surface area contributed by atoms with Gasteiger partial charge in [0.1, 0.15) is 30.0 Å². The molecule has 1 aromatic heterocycles. The number of ether oxygens (including phenoxy) is 3. The standard InChI is InChI=1S/C30H30N2O4/c1-4-8-22-11-13-25(14-12-22)36-30-21(3)35-29-20(2)27(16-15-26(29)28(30)33)34-19-23-17-31-32(18-23)24-9-6-5-7-10-24/h5-7,9-18,21,30H,4,8,19H2,1-3H3/t21-,30-/m1/s1. The van der Waals surface area contributed by atoms with Crippen molar-refractivity contribution >= 4 is 5.78 Å². The zero-order chi connectivity index (χ0) is 25.1. The van der Waals surface area contributed by atoms with Crippen LogP contribution in [0.5, 0.6) is 17.2 Å². The largest absolute Gasteiger partial charge is 0.488 e. The van der Waals surface area contributed by atoms with E-state index in [0.29, 0.717) is 29.4 Å². The summed E-state index contributed by atoms with van der Waals surface area (Å²) in [6, 6.07) is 21.4. The summed E-state index contributed by atoms with van der Waals surface area (Å²) in [5.41, 5.74) is 4.50. The third-order valence-corrected chi connectivity index (χ3v) is 6.39. The third kappa shape index (κ3) is 4.85. The molecule has 0 radical (unpaired) electrons. The molecule has 0 spiro atoms. The number of carbonyl (C=O) groups is 1. The van der Waals surface area contributed by atoms with Gasteiger partial charge in [0.25, 0.3) is 0 Å². The lowest BCUT2D eigenvalue weighted by Gasteiger charge is -2.31. The van der Waals surface area contributed by atoms with Crippen molar-refractivity contribution in [2.75, 3.05) is 0 Å². The quantitative estimate of drug-likeness (QED) is 0.303. The van der Waals surface area contributed by atoms with E-state index in [1.165, 1.54) is 5.56 Å². The normalized spacial score (nSPS) is 16.8. The van der Waals surface area contributed by atoms with Crippen LogP contribution in [0.25, 0.3) is 5.69 Å². The molecule has 0 saturated heterocycles. The lowest BCUT2D eigenvalue weighted by atomic mass is 9.95. The lowest BCUT2D eigenvalue weighted by molar-refractivity contribution is 0.0385. The van der Waals surface area contributed by atoms with E-state index in [4.69, 9.17) is 14.2 Å². The van der Waals surface area contributed by atoms with Gasteiger partial charge in [-0.25, -0.2) is 4.68 Å². The Morgan fingerprint density at radius 3 is 2.53 bits per heavy atom. The number of carbonyl (C=O) groups excluding carboxylic acids is 1. The van der Waals surface area contributed by atoms with Crippen LogP contribution in [0.3, 0.4) is 0 Å². The molecule has 0 saturated carbocycles. The molecular formula is C30H30N2O4. The minimum absolute atomic E-state index is 0.0832. The van der Waals surface area contributed by atoms with Gasteiger partial charge in [-0.3, -0.25) is 4.79 Å². The zero-order valence-electron chi connectivity index (χ0n) is 20.8. The van der Waals surface area contributed by atoms with Crippen molar-refractivity contribution in [1.82, 2.24) is 9.78 Å². The van der Waals surface area contributed by atoms with E-state index in [0.717, 1.165) is 29.7 Å². The Kier molecular flexibility index (Phi) is 6.76. The van der Waals surface area contributed by atoms with Gasteiger partial charge in [-0.05, 0) is 62.2 Å². The number of nitrogens with zero attached hydrogens (tertiary/aromatic N) is 2. The highest BCUT2D eigenvalue weighted by molar-refractivity contribution is 6.04. The molecule has 5 rings (SSSR count). The summed E-state index contributed by atoms with van der Waals surface area (Å²) in [5.74, 6) is 1.82. The first-order valence-corrected chi connectivity index (χ1v) is 12.4. The Bertz CT molecular complexity index is 1350. The van der Waals surface area contributed by atoms with Gasteiger partial charge in [-0.15, -0.1) is 0 Å². The van der Waals surface area contributed by atoms with Gasteiger partial charge < -0.3 is 14.2 Å². The molecular weight excluding hydrogens is 452 g/mol. The molecule has 2 heterocycles. The second-order valence-corrected chi connectivity index (χ2v) is 9.10. The Hall–Kier alpha value is -4.06. The molecule has 0 fully saturated rings. The molecule has 1 aliphatic heterocycles. The fourth-order valence-corrected chi connectivity index (χ4v) is 4.43. The highest BCUT2D eigenvalue weighted by atomic mass is 16.6. The number of aromatic nitrogens is 2. The van der Waals surface area contributed by atoms with Gasteiger partial charge in [0.2, 0.25) is 5.78 Å². The minimum Gasteiger partial charge on any atom is -0.488 e. The van der Waals surface area contributed by atoms with Crippen LogP contribution >= 0.6 is 0 Å². The summed E-state index contributed by atoms with van der Waals surface area (Å²) in [5, 5.41) is 4.42. The van der Waals surface area contributed by atoms with E-state index in [1.54, 1.807) is 12.3 Å². The van der Waals surface area contributed by atoms with Crippen LogP contribution in [0.4, 0.5) is 0 Å². The molecule has 6 heteroatoms. The average Bonchev–Trinajstić information content (AvgIpc) is 3.37. The number of fused-ring (bicyclic) bond motifs is 1. The Balaban J connectivity index is 1.28. The van der Waals surface area contributed by atoms with Gasteiger partial charge in [0.15, 0.2) is 6.10 Å². The summed E-state index contributed by atoms with van der Waals surface area (Å²) in [7, 11) is 0. The van der Waals surface area contributed by atoms with Crippen molar-refractivity contribution in [3.63, 3.8) is 0 Å². The van der Waals surface area contributed by atoms with Crippen LogP contribution in [0, 0.1) is 6.92 Å². The highest BCUT2D eigenvalue weighted by Gasteiger charge is 2.38. The Morgan fingerprint density at radius 1 is 1.00 bits per heavy atom. The van der Waals surface area contributed by atoms with Crippen molar-refractivity contribution in [3.05, 3.63) is 101 Å². The molecule has 1 aliphatic rings. The fraction of sp³-hybridized carbons (Fsp3) is 0.267. The van der Waals surface area contributed by atoms with Crippen LogP contribution < -0.4 is 14.2 Å². The van der Waals surface area contributed by atoms with E-state index >= 15 is 0 Å². The molecule has 0 amide bonds. The number of hydrogen-bond donors (Lipinski definition) is 0. The first-order valence-electron chi connectivity index (χ1n) is 12.4. The van der Waals surface area contributed by atoms with E-state index in [9.17, 15) is 4.79 Å². The smallest absolute Gasteiger partial charge is 0.210 e. The second kappa shape index (κ2) is 10.3. The summed E-state index contributed by atoms with van der Waals surface area (Å²) in [6.07, 6.45) is 4.71. The SMILES string of the molecule is CCCc1ccc(O[C@H]2C(=O)c3ccc(OCc4cnn(-c5ccccc5)c4)c(C)c3O[C@@H]2C)cc1. The van der Waals surface area contributed by atoms with Crippen molar-refractivity contribution in [2.45, 2.75) is 52.4 Å². The number of para-hydroxylation sites is 1. The third-order valence-electron chi connectivity index (χ3n) is 6.39. The maximum Gasteiger partial charge on any atom is 0.210 e. The van der Waals surface area contributed by atoms with E-state index < -0.39 is 12.2 Å². The molecule has 0 unspecified atom stereocenters. The van der Waals surface area contributed by atoms with Crippen LogP contribution in [0.2, 0.25) is 0 Å². The summed E-state index contributed by atoms with van der Waals surface area (Å²) in [6.45, 7) is 6.28. The van der Waals surface area contributed by atoms with Gasteiger partial charge in [0.05, 0.1) is 17.4 Å². The predicted octanol–water partition coefficient (Wildman–Crippen LogP) is 6.12. The highest BCUT2D eigenvalue weighted by Crippen LogP contribution is 2.37. The lowest BCUT2D eigenvalue weighted by Crippen LogP contribution is -2.44. The Morgan fingerprint density at radius 2 is 1.78 bits per heavy atom. The van der Waals surface area contributed by atoms with Gasteiger partial charge in [0, 0.05) is 17.3 Å². The molecule has 184 valence electrons. The molecule has 0 bridgehead atoms. The molecule has 0 aliphatic carbocycles. The molecule has 2 atom stereocenters. The van der Waals surface area contributed by atoms with Gasteiger partial charge in [-0.1, -0.05) is 43.7 Å². The number of ketones is 1. The van der Waals surface area contributed by atoms with Crippen molar-refractivity contribution in [2.24, 2.45) is 0 Å². The molecule has 6 nitrogen and oxygen atoms in total. The van der Waals surface area contributed by atoms with Gasteiger partial charge in [-0.2, -0.15) is 5.10 Å². The number of rotatable bonds is 8. The topological polar surface area (TPSA) is 62.6 Å². The second-order valence-electron chi connectivity index (χ2n) is 9.10. The number of benzene rings is 3. The molecule has 4 aromatic rings. The van der Waals surface area contributed by atoms with Crippen molar-refractivity contribution in [1.29, 1.82) is 0 Å². The summed E-state index contributed by atoms with van der Waals surface area (Å²) < 4.78 is 20.2. The maximum atomic E-state index is 13.3. The van der Waals surface area contributed by atoms with Crippen LogP contribution in [-0.2, 0) is 13.0 Å². The van der Waals surface area contributed by atoms with Gasteiger partial charge >= 0.3 is 0 Å². The van der Waals surface area contributed by atoms with Crippen molar-refractivity contribution < 1.29 is 19.0 Å². The number of Topliss-reactive ketones (excluding diaryl/α,β-unsaturated/α-hetero) is 1. The predicted molar refractivity (Wildman–Crippen MR) is 138 cm³/mol. The summed E-state index contributed by atoms with van der Waals surface area (Å²) in [4.78, 5) is 13.3. The number of hydrogen-bond acceptors (Lipinski definition) is 5. The van der Waals surface area contributed by atoms with Crippen LogP contribution in [0.15, 0.2) is 79.1 Å². The fourth-order valence-electron chi connectivity index (χ4n) is 4.43. The monoisotopic (exact) mass is 482 g/mol. The average molecular weight is 483 g/mol. The van der Waals surface area contributed by atoms with E-state index in [-0.39, 0.29) is 5.78 Å². The van der Waals surface area contributed by atoms with E-state index in [2.05, 4.69) is 12.0 Å². The maximum absolute atomic E-state index is 13.3. The Labute approximate surface area is 211 Å². The molecule has 0 N–H and O–H groups in total. The minimum atomic E-state index is -0.704. The van der Waals surface area contributed by atoms with Crippen molar-refractivity contribution in [3.8, 4) is 22.9 Å². The first-order chi connectivity index (χ1) is 17.5. The molecule has 36 heavy (non-hydrogen) atoms. The van der Waals surface area contributed by atoms with Crippen LogP contribution in [-0.4, -0.2) is 27.8 Å². The summed E-state index contributed by atoms with van der Waals surface area (Å²) >= 11 is 0. The van der Waals surface area contributed by atoms with Crippen LogP contribution in [0.1, 0.15) is 47.3 Å².